The summed E-state index contributed by atoms with van der Waals surface area (Å²) in [5.74, 6) is 0.106. The summed E-state index contributed by atoms with van der Waals surface area (Å²) in [4.78, 5) is 27.9. The quantitative estimate of drug-likeness (QED) is 0.735. The molecule has 0 aromatic heterocycles. The zero-order chi connectivity index (χ0) is 22.2. The van der Waals surface area contributed by atoms with Crippen molar-refractivity contribution < 1.29 is 32.2 Å². The van der Waals surface area contributed by atoms with E-state index in [2.05, 4.69) is 5.32 Å². The molecule has 11 heteroatoms. The van der Waals surface area contributed by atoms with E-state index in [9.17, 15) is 22.8 Å². The highest BCUT2D eigenvalue weighted by atomic mass is 35.5. The molecule has 31 heavy (non-hydrogen) atoms. The van der Waals surface area contributed by atoms with Crippen LogP contribution in [0.1, 0.15) is 24.8 Å². The van der Waals surface area contributed by atoms with Gasteiger partial charge in [-0.3, -0.25) is 4.79 Å². The number of ether oxygens (including phenoxy) is 2. The van der Waals surface area contributed by atoms with E-state index >= 15 is 0 Å². The normalized spacial score (nSPS) is 25.1. The average molecular weight is 462 g/mol. The first-order valence-electron chi connectivity index (χ1n) is 10.2. The number of halogens is 4. The second kappa shape index (κ2) is 8.74. The minimum absolute atomic E-state index is 0.0588. The standard InChI is InChI=1S/C20H23ClF3N3O4/c21-15-9-13(1-2-14(15)20(22,23)24)31-12-3-6-26(7-4-12)19(29)27-8-5-17-16(10-27)25-18(28)11-30-17/h1-2,9,12,16-17H,3-8,10-11H2,(H,25,28)/t16-,17+/m1/s1. The summed E-state index contributed by atoms with van der Waals surface area (Å²) in [5.41, 5.74) is -0.898. The summed E-state index contributed by atoms with van der Waals surface area (Å²) in [6.45, 7) is 2.00. The summed E-state index contributed by atoms with van der Waals surface area (Å²) in [5, 5.41) is 2.48. The van der Waals surface area contributed by atoms with Gasteiger partial charge in [-0.2, -0.15) is 13.2 Å². The lowest BCUT2D eigenvalue weighted by Gasteiger charge is -2.43. The fraction of sp³-hybridized carbons (Fsp3) is 0.600. The zero-order valence-electron chi connectivity index (χ0n) is 16.7. The van der Waals surface area contributed by atoms with Crippen LogP contribution in [-0.2, 0) is 15.7 Å². The van der Waals surface area contributed by atoms with E-state index in [0.29, 0.717) is 45.4 Å². The molecule has 1 N–H and O–H groups in total. The fourth-order valence-corrected chi connectivity index (χ4v) is 4.51. The third-order valence-electron chi connectivity index (χ3n) is 5.86. The molecule has 0 bridgehead atoms. The number of rotatable bonds is 2. The van der Waals surface area contributed by atoms with Crippen molar-refractivity contribution in [1.29, 1.82) is 0 Å². The Balaban J connectivity index is 1.28. The molecule has 7 nitrogen and oxygen atoms in total. The van der Waals surface area contributed by atoms with E-state index in [4.69, 9.17) is 21.1 Å². The number of piperidine rings is 2. The van der Waals surface area contributed by atoms with Crippen molar-refractivity contribution >= 4 is 23.5 Å². The van der Waals surface area contributed by atoms with Crippen LogP contribution in [0, 0.1) is 0 Å². The van der Waals surface area contributed by atoms with Crippen LogP contribution in [0.25, 0.3) is 0 Å². The first kappa shape index (κ1) is 22.0. The molecule has 3 fully saturated rings. The highest BCUT2D eigenvalue weighted by Gasteiger charge is 2.38. The Morgan fingerprint density at radius 2 is 1.87 bits per heavy atom. The Hall–Kier alpha value is -2.20. The summed E-state index contributed by atoms with van der Waals surface area (Å²) >= 11 is 5.75. The van der Waals surface area contributed by atoms with E-state index in [1.165, 1.54) is 12.1 Å². The van der Waals surface area contributed by atoms with Gasteiger partial charge in [0.2, 0.25) is 5.91 Å². The van der Waals surface area contributed by atoms with Crippen LogP contribution >= 0.6 is 11.6 Å². The summed E-state index contributed by atoms with van der Waals surface area (Å²) in [6, 6.07) is 3.07. The van der Waals surface area contributed by atoms with Crippen molar-refractivity contribution in [2.45, 2.75) is 43.7 Å². The molecule has 0 unspecified atom stereocenters. The molecule has 3 saturated heterocycles. The lowest BCUT2D eigenvalue weighted by Crippen LogP contribution is -2.62. The van der Waals surface area contributed by atoms with E-state index in [1.54, 1.807) is 9.80 Å². The van der Waals surface area contributed by atoms with Crippen LogP contribution in [0.3, 0.4) is 0 Å². The molecule has 0 aliphatic carbocycles. The molecular weight excluding hydrogens is 439 g/mol. The van der Waals surface area contributed by atoms with Crippen molar-refractivity contribution in [1.82, 2.24) is 15.1 Å². The highest BCUT2D eigenvalue weighted by Crippen LogP contribution is 2.36. The number of benzene rings is 1. The third-order valence-corrected chi connectivity index (χ3v) is 6.17. The maximum Gasteiger partial charge on any atom is 0.417 e. The van der Waals surface area contributed by atoms with E-state index in [0.717, 1.165) is 6.07 Å². The van der Waals surface area contributed by atoms with Gasteiger partial charge in [0.05, 0.1) is 22.7 Å². The molecule has 3 aliphatic rings. The number of carbonyl (C=O) groups excluding carboxylic acids is 2. The van der Waals surface area contributed by atoms with E-state index < -0.39 is 16.8 Å². The fourth-order valence-electron chi connectivity index (χ4n) is 4.23. The van der Waals surface area contributed by atoms with Crippen LogP contribution in [0.2, 0.25) is 5.02 Å². The number of hydrogen-bond acceptors (Lipinski definition) is 4. The number of fused-ring (bicyclic) bond motifs is 1. The average Bonchev–Trinajstić information content (AvgIpc) is 2.72. The van der Waals surface area contributed by atoms with Crippen LogP contribution < -0.4 is 10.1 Å². The highest BCUT2D eigenvalue weighted by molar-refractivity contribution is 6.31. The van der Waals surface area contributed by atoms with Crippen molar-refractivity contribution in [2.75, 3.05) is 32.8 Å². The van der Waals surface area contributed by atoms with Gasteiger partial charge in [-0.25, -0.2) is 4.79 Å². The van der Waals surface area contributed by atoms with Crippen molar-refractivity contribution in [3.63, 3.8) is 0 Å². The van der Waals surface area contributed by atoms with E-state index in [1.807, 2.05) is 0 Å². The van der Waals surface area contributed by atoms with Crippen LogP contribution in [0.4, 0.5) is 18.0 Å². The topological polar surface area (TPSA) is 71.1 Å². The molecular formula is C20H23ClF3N3O4. The van der Waals surface area contributed by atoms with Crippen molar-refractivity contribution in [2.24, 2.45) is 0 Å². The summed E-state index contributed by atoms with van der Waals surface area (Å²) < 4.78 is 49.8. The maximum atomic E-state index is 12.9. The second-order valence-corrected chi connectivity index (χ2v) is 8.39. The molecule has 0 spiro atoms. The smallest absolute Gasteiger partial charge is 0.417 e. The third kappa shape index (κ3) is 5.01. The molecule has 2 atom stereocenters. The van der Waals surface area contributed by atoms with Gasteiger partial charge in [0, 0.05) is 39.0 Å². The number of likely N-dealkylation sites (tertiary alicyclic amines) is 2. The number of amides is 3. The SMILES string of the molecule is O=C1CO[C@H]2CCN(C(=O)N3CCC(Oc4ccc(C(F)(F)F)c(Cl)c4)CC3)C[C@H]2N1. The first-order chi connectivity index (χ1) is 14.7. The van der Waals surface area contributed by atoms with Gasteiger partial charge in [0.25, 0.3) is 0 Å². The molecule has 0 radical (unpaired) electrons. The van der Waals surface area contributed by atoms with Gasteiger partial charge >= 0.3 is 12.2 Å². The van der Waals surface area contributed by atoms with Gasteiger partial charge in [0.1, 0.15) is 18.5 Å². The molecule has 0 saturated carbocycles. The number of nitrogens with zero attached hydrogens (tertiary/aromatic N) is 2. The number of nitrogens with one attached hydrogen (secondary N) is 1. The minimum Gasteiger partial charge on any atom is -0.490 e. The Morgan fingerprint density at radius 1 is 1.16 bits per heavy atom. The summed E-state index contributed by atoms with van der Waals surface area (Å²) in [7, 11) is 0. The lowest BCUT2D eigenvalue weighted by molar-refractivity contribution is -0.140. The number of carbonyl (C=O) groups is 2. The van der Waals surface area contributed by atoms with Gasteiger partial charge < -0.3 is 24.6 Å². The number of hydrogen-bond donors (Lipinski definition) is 1. The number of morpholine rings is 1. The predicted octanol–water partition coefficient (Wildman–Crippen LogP) is 2.91. The summed E-state index contributed by atoms with van der Waals surface area (Å²) in [6.07, 6.45) is -2.99. The predicted molar refractivity (Wildman–Crippen MR) is 105 cm³/mol. The van der Waals surface area contributed by atoms with Crippen molar-refractivity contribution in [3.8, 4) is 5.75 Å². The van der Waals surface area contributed by atoms with Gasteiger partial charge in [0.15, 0.2) is 0 Å². The van der Waals surface area contributed by atoms with E-state index in [-0.39, 0.29) is 42.5 Å². The van der Waals surface area contributed by atoms with Gasteiger partial charge in [-0.15, -0.1) is 0 Å². The zero-order valence-corrected chi connectivity index (χ0v) is 17.4. The Bertz CT molecular complexity index is 845. The minimum atomic E-state index is -4.51. The Kier molecular flexibility index (Phi) is 6.20. The van der Waals surface area contributed by atoms with Crippen LogP contribution in [0.15, 0.2) is 18.2 Å². The van der Waals surface area contributed by atoms with Crippen LogP contribution in [-0.4, -0.2) is 72.8 Å². The molecule has 170 valence electrons. The first-order valence-corrected chi connectivity index (χ1v) is 10.6. The lowest BCUT2D eigenvalue weighted by atomic mass is 10.0. The second-order valence-electron chi connectivity index (χ2n) is 7.98. The number of alkyl halides is 3. The Labute approximate surface area is 182 Å². The monoisotopic (exact) mass is 461 g/mol. The molecule has 3 heterocycles. The molecule has 3 aliphatic heterocycles. The van der Waals surface area contributed by atoms with Crippen molar-refractivity contribution in [3.05, 3.63) is 28.8 Å². The van der Waals surface area contributed by atoms with Gasteiger partial charge in [-0.1, -0.05) is 11.6 Å². The molecule has 3 amide bonds. The number of urea groups is 1. The van der Waals surface area contributed by atoms with Gasteiger partial charge in [-0.05, 0) is 24.6 Å². The van der Waals surface area contributed by atoms with Crippen LogP contribution in [0.5, 0.6) is 5.75 Å². The molecule has 4 rings (SSSR count). The molecule has 1 aromatic carbocycles. The largest absolute Gasteiger partial charge is 0.490 e. The molecule has 1 aromatic rings. The Morgan fingerprint density at radius 3 is 2.55 bits per heavy atom. The maximum absolute atomic E-state index is 12.9.